The molecule has 2 aliphatic heterocycles. The van der Waals surface area contributed by atoms with Crippen LogP contribution in [0.5, 0.6) is 0 Å². The van der Waals surface area contributed by atoms with E-state index in [1.165, 1.54) is 5.70 Å². The third-order valence-corrected chi connectivity index (χ3v) is 4.50. The Hall–Kier alpha value is -1.14. The molecule has 0 amide bonds. The van der Waals surface area contributed by atoms with E-state index in [1.54, 1.807) is 0 Å². The zero-order valence-electron chi connectivity index (χ0n) is 13.6. The van der Waals surface area contributed by atoms with Crippen LogP contribution in [0.25, 0.3) is 0 Å². The minimum atomic E-state index is 0.513. The molecule has 5 nitrogen and oxygen atoms in total. The Morgan fingerprint density at radius 2 is 1.64 bits per heavy atom. The molecule has 2 heterocycles. The molecule has 0 spiro atoms. The summed E-state index contributed by atoms with van der Waals surface area (Å²) in [5, 5.41) is 3.40. The summed E-state index contributed by atoms with van der Waals surface area (Å²) in [5.41, 5.74) is 12.7. The van der Waals surface area contributed by atoms with Crippen LogP contribution in [0.4, 0.5) is 0 Å². The largest absolute Gasteiger partial charge is 0.365 e. The number of piperazine rings is 1. The van der Waals surface area contributed by atoms with Gasteiger partial charge in [0.1, 0.15) is 0 Å². The highest BCUT2D eigenvalue weighted by Gasteiger charge is 2.19. The summed E-state index contributed by atoms with van der Waals surface area (Å²) in [6, 6.07) is 0. The van der Waals surface area contributed by atoms with Gasteiger partial charge < -0.3 is 21.7 Å². The van der Waals surface area contributed by atoms with E-state index >= 15 is 0 Å². The Morgan fingerprint density at radius 1 is 0.909 bits per heavy atom. The minimum absolute atomic E-state index is 0.513. The van der Waals surface area contributed by atoms with Crippen LogP contribution in [0, 0.1) is 5.92 Å². The topological polar surface area (TPSA) is 70.5 Å². The maximum atomic E-state index is 5.81. The monoisotopic (exact) mass is 305 g/mol. The van der Waals surface area contributed by atoms with Crippen LogP contribution in [0.2, 0.25) is 0 Å². The number of hydrogen-bond acceptors (Lipinski definition) is 5. The average molecular weight is 305 g/mol. The van der Waals surface area contributed by atoms with Gasteiger partial charge in [-0.1, -0.05) is 12.2 Å². The summed E-state index contributed by atoms with van der Waals surface area (Å²) in [7, 11) is 0. The highest BCUT2D eigenvalue weighted by Crippen LogP contribution is 2.19. The van der Waals surface area contributed by atoms with Gasteiger partial charge in [-0.15, -0.1) is 0 Å². The molecule has 5 heteroatoms. The van der Waals surface area contributed by atoms with Crippen molar-refractivity contribution in [3.63, 3.8) is 0 Å². The third kappa shape index (κ3) is 5.57. The zero-order valence-corrected chi connectivity index (χ0v) is 13.6. The van der Waals surface area contributed by atoms with Gasteiger partial charge in [0.05, 0.1) is 0 Å². The Balaban J connectivity index is 1.78. The smallest absolute Gasteiger partial charge is 0.0179 e. The number of hydrogen-bond donors (Lipinski definition) is 3. The summed E-state index contributed by atoms with van der Waals surface area (Å²) in [6.07, 6.45) is 12.6. The molecule has 5 N–H and O–H groups in total. The first-order valence-corrected chi connectivity index (χ1v) is 8.48. The van der Waals surface area contributed by atoms with E-state index in [9.17, 15) is 0 Å². The molecule has 1 saturated heterocycles. The number of nitrogens with two attached hydrogens (primary N) is 2. The van der Waals surface area contributed by atoms with Gasteiger partial charge in [-0.2, -0.15) is 0 Å². The molecule has 0 bridgehead atoms. The quantitative estimate of drug-likeness (QED) is 0.608. The first kappa shape index (κ1) is 17.2. The van der Waals surface area contributed by atoms with Gasteiger partial charge in [0, 0.05) is 57.1 Å². The lowest BCUT2D eigenvalue weighted by atomic mass is 9.96. The summed E-state index contributed by atoms with van der Waals surface area (Å²) >= 11 is 0. The molecule has 1 fully saturated rings. The fourth-order valence-electron chi connectivity index (χ4n) is 3.14. The van der Waals surface area contributed by atoms with Crippen molar-refractivity contribution in [1.29, 1.82) is 0 Å². The Morgan fingerprint density at radius 3 is 2.32 bits per heavy atom. The van der Waals surface area contributed by atoms with Crippen molar-refractivity contribution in [2.24, 2.45) is 17.4 Å². The lowest BCUT2D eigenvalue weighted by Crippen LogP contribution is -2.48. The molecule has 0 aromatic rings. The highest BCUT2D eigenvalue weighted by atomic mass is 15.3. The lowest BCUT2D eigenvalue weighted by Gasteiger charge is -2.35. The molecule has 2 aliphatic rings. The number of allylic oxidation sites excluding steroid dienone is 5. The van der Waals surface area contributed by atoms with Crippen LogP contribution in [0.15, 0.2) is 36.2 Å². The minimum Gasteiger partial charge on any atom is -0.365 e. The van der Waals surface area contributed by atoms with Gasteiger partial charge in [-0.3, -0.25) is 4.90 Å². The third-order valence-electron chi connectivity index (χ3n) is 4.50. The van der Waals surface area contributed by atoms with Gasteiger partial charge in [-0.25, -0.2) is 0 Å². The van der Waals surface area contributed by atoms with Crippen LogP contribution in [0.1, 0.15) is 12.8 Å². The Labute approximate surface area is 134 Å². The van der Waals surface area contributed by atoms with Crippen LogP contribution in [0.3, 0.4) is 0 Å². The van der Waals surface area contributed by atoms with Gasteiger partial charge in [0.25, 0.3) is 0 Å². The molecule has 2 rings (SSSR count). The van der Waals surface area contributed by atoms with Crippen LogP contribution >= 0.6 is 0 Å². The van der Waals surface area contributed by atoms with Crippen molar-refractivity contribution in [1.82, 2.24) is 15.1 Å². The van der Waals surface area contributed by atoms with E-state index in [0.29, 0.717) is 5.92 Å². The van der Waals surface area contributed by atoms with Gasteiger partial charge >= 0.3 is 0 Å². The SMILES string of the molecule is NCCC(CCN1CCN(CCN)CC1)C1=CC=CC=CN1. The van der Waals surface area contributed by atoms with Crippen LogP contribution in [-0.2, 0) is 0 Å². The molecule has 124 valence electrons. The standard InChI is InChI=1S/C17H31N5/c18-7-5-16(17-4-2-1-3-9-20-17)6-10-21-12-14-22(11-8-19)15-13-21/h1-4,9,16,20H,5-8,10-15,18-19H2. The molecule has 0 radical (unpaired) electrons. The van der Waals surface area contributed by atoms with Crippen molar-refractivity contribution < 1.29 is 0 Å². The summed E-state index contributed by atoms with van der Waals surface area (Å²) in [5.74, 6) is 0.513. The van der Waals surface area contributed by atoms with Crippen molar-refractivity contribution in [3.8, 4) is 0 Å². The lowest BCUT2D eigenvalue weighted by molar-refractivity contribution is 0.130. The normalized spacial score (nSPS) is 21.3. The van der Waals surface area contributed by atoms with Crippen LogP contribution < -0.4 is 16.8 Å². The fraction of sp³-hybridized carbons (Fsp3) is 0.647. The van der Waals surface area contributed by atoms with Gasteiger partial charge in [0.2, 0.25) is 0 Å². The van der Waals surface area contributed by atoms with Crippen LogP contribution in [-0.4, -0.2) is 62.2 Å². The summed E-state index contributed by atoms with van der Waals surface area (Å²) in [4.78, 5) is 5.03. The van der Waals surface area contributed by atoms with E-state index in [4.69, 9.17) is 11.5 Å². The predicted octanol–water partition coefficient (Wildman–Crippen LogP) is 0.475. The second kappa shape index (κ2) is 9.79. The predicted molar refractivity (Wildman–Crippen MR) is 93.2 cm³/mol. The first-order valence-electron chi connectivity index (χ1n) is 8.48. The maximum Gasteiger partial charge on any atom is 0.0179 e. The average Bonchev–Trinajstić information content (AvgIpc) is 2.82. The van der Waals surface area contributed by atoms with Gasteiger partial charge in [-0.05, 0) is 38.1 Å². The second-order valence-corrected chi connectivity index (χ2v) is 6.05. The molecule has 22 heavy (non-hydrogen) atoms. The summed E-state index contributed by atoms with van der Waals surface area (Å²) in [6.45, 7) is 8.27. The van der Waals surface area contributed by atoms with Gasteiger partial charge in [0.15, 0.2) is 0 Å². The van der Waals surface area contributed by atoms with E-state index in [2.05, 4.69) is 33.3 Å². The Bertz CT molecular complexity index is 394. The molecule has 0 aromatic carbocycles. The van der Waals surface area contributed by atoms with Crippen molar-refractivity contribution >= 4 is 0 Å². The maximum absolute atomic E-state index is 5.81. The molecule has 0 aromatic heterocycles. The van der Waals surface area contributed by atoms with Crippen molar-refractivity contribution in [2.45, 2.75) is 12.8 Å². The van der Waals surface area contributed by atoms with Crippen molar-refractivity contribution in [2.75, 3.05) is 52.4 Å². The fourth-order valence-corrected chi connectivity index (χ4v) is 3.14. The van der Waals surface area contributed by atoms with E-state index < -0.39 is 0 Å². The molecular weight excluding hydrogens is 274 g/mol. The highest BCUT2D eigenvalue weighted by molar-refractivity contribution is 5.22. The van der Waals surface area contributed by atoms with E-state index in [1.807, 2.05) is 12.3 Å². The second-order valence-electron chi connectivity index (χ2n) is 6.05. The first-order chi connectivity index (χ1) is 10.8. The number of nitrogens with one attached hydrogen (secondary N) is 1. The molecule has 1 unspecified atom stereocenters. The molecule has 0 saturated carbocycles. The van der Waals surface area contributed by atoms with E-state index in [0.717, 1.165) is 65.2 Å². The summed E-state index contributed by atoms with van der Waals surface area (Å²) < 4.78 is 0. The molecule has 1 atom stereocenters. The number of nitrogens with zero attached hydrogens (tertiary/aromatic N) is 2. The number of rotatable bonds is 8. The molecular formula is C17H31N5. The zero-order chi connectivity index (χ0) is 15.6. The Kier molecular flexibility index (Phi) is 7.66. The van der Waals surface area contributed by atoms with Crippen molar-refractivity contribution in [3.05, 3.63) is 36.2 Å². The van der Waals surface area contributed by atoms with E-state index in [-0.39, 0.29) is 0 Å². The molecule has 0 aliphatic carbocycles.